The van der Waals surface area contributed by atoms with Crippen molar-refractivity contribution in [3.8, 4) is 18.2 Å². The third-order valence-electron chi connectivity index (χ3n) is 5.04. The van der Waals surface area contributed by atoms with E-state index in [1.807, 2.05) is 6.07 Å². The van der Waals surface area contributed by atoms with Crippen molar-refractivity contribution in [3.05, 3.63) is 11.3 Å². The van der Waals surface area contributed by atoms with Crippen LogP contribution in [0.25, 0.3) is 0 Å². The molecule has 1 saturated carbocycles. The van der Waals surface area contributed by atoms with Crippen molar-refractivity contribution in [1.29, 1.82) is 21.2 Å². The number of morpholine rings is 1. The van der Waals surface area contributed by atoms with Crippen LogP contribution in [0, 0.1) is 56.7 Å². The summed E-state index contributed by atoms with van der Waals surface area (Å²) in [6, 6.07) is 6.20. The largest absolute Gasteiger partial charge is 0.378 e. The summed E-state index contributed by atoms with van der Waals surface area (Å²) < 4.78 is 5.38. The maximum Gasteiger partial charge on any atom is 0.171 e. The minimum absolute atomic E-state index is 0.178. The molecule has 6 nitrogen and oxygen atoms in total. The van der Waals surface area contributed by atoms with Crippen LogP contribution in [0.5, 0.6) is 0 Å². The number of hydrogen-bond donors (Lipinski definition) is 1. The van der Waals surface area contributed by atoms with E-state index in [4.69, 9.17) is 10.1 Å². The lowest BCUT2D eigenvalue weighted by Crippen LogP contribution is -2.38. The zero-order valence-corrected chi connectivity index (χ0v) is 12.3. The van der Waals surface area contributed by atoms with Gasteiger partial charge in [0, 0.05) is 24.7 Å². The SMILES string of the molecule is N#CC1C(=N)C2=C(N3CCOCC3)CCC[C@@H]2C1(C#N)C#N. The summed E-state index contributed by atoms with van der Waals surface area (Å²) in [6.07, 6.45) is 2.43. The highest BCUT2D eigenvalue weighted by Gasteiger charge is 2.59. The van der Waals surface area contributed by atoms with Crippen molar-refractivity contribution in [2.45, 2.75) is 19.3 Å². The van der Waals surface area contributed by atoms with Crippen molar-refractivity contribution in [1.82, 2.24) is 4.90 Å². The molecular formula is C16H17N5O. The summed E-state index contributed by atoms with van der Waals surface area (Å²) in [7, 11) is 0. The zero-order valence-electron chi connectivity index (χ0n) is 12.3. The van der Waals surface area contributed by atoms with Crippen LogP contribution in [-0.2, 0) is 4.74 Å². The molecule has 0 aromatic heterocycles. The molecule has 1 aliphatic heterocycles. The molecule has 2 atom stereocenters. The first-order valence-electron chi connectivity index (χ1n) is 7.56. The molecular weight excluding hydrogens is 278 g/mol. The molecule has 3 aliphatic rings. The predicted molar refractivity (Wildman–Crippen MR) is 77.2 cm³/mol. The van der Waals surface area contributed by atoms with Gasteiger partial charge >= 0.3 is 0 Å². The van der Waals surface area contributed by atoms with Crippen LogP contribution >= 0.6 is 0 Å². The summed E-state index contributed by atoms with van der Waals surface area (Å²) >= 11 is 0. The highest BCUT2D eigenvalue weighted by Crippen LogP contribution is 2.54. The van der Waals surface area contributed by atoms with Crippen molar-refractivity contribution >= 4 is 5.71 Å². The Morgan fingerprint density at radius 1 is 1.18 bits per heavy atom. The molecule has 22 heavy (non-hydrogen) atoms. The van der Waals surface area contributed by atoms with Gasteiger partial charge in [0.2, 0.25) is 0 Å². The van der Waals surface area contributed by atoms with Gasteiger partial charge in [-0.15, -0.1) is 0 Å². The van der Waals surface area contributed by atoms with Crippen LogP contribution in [-0.4, -0.2) is 36.9 Å². The molecule has 0 amide bonds. The Labute approximate surface area is 129 Å². The minimum Gasteiger partial charge on any atom is -0.378 e. The first-order chi connectivity index (χ1) is 10.7. The lowest BCUT2D eigenvalue weighted by Gasteiger charge is -2.36. The molecule has 6 heteroatoms. The van der Waals surface area contributed by atoms with E-state index in [9.17, 15) is 15.8 Å². The van der Waals surface area contributed by atoms with Crippen molar-refractivity contribution in [3.63, 3.8) is 0 Å². The Morgan fingerprint density at radius 2 is 1.86 bits per heavy atom. The number of rotatable bonds is 1. The van der Waals surface area contributed by atoms with Gasteiger partial charge in [0.05, 0.1) is 37.1 Å². The van der Waals surface area contributed by atoms with Crippen LogP contribution < -0.4 is 0 Å². The van der Waals surface area contributed by atoms with E-state index in [0.717, 1.165) is 37.2 Å². The maximum absolute atomic E-state index is 9.59. The standard InChI is InChI=1S/C16H17N5O/c17-8-12-15(20)14-11(16(12,9-18)10-19)2-1-3-13(14)21-4-6-22-7-5-21/h11-12,20H,1-7H2/t11-,12?/m0/s1. The second kappa shape index (κ2) is 5.44. The minimum atomic E-state index is -1.40. The van der Waals surface area contributed by atoms with Crippen LogP contribution in [0.4, 0.5) is 0 Å². The second-order valence-electron chi connectivity index (χ2n) is 5.97. The molecule has 0 aromatic carbocycles. The average Bonchev–Trinajstić information content (AvgIpc) is 2.84. The third-order valence-corrected chi connectivity index (χ3v) is 5.04. The maximum atomic E-state index is 9.59. The number of ether oxygens (including phenoxy) is 1. The smallest absolute Gasteiger partial charge is 0.171 e. The number of nitrogens with zero attached hydrogens (tertiary/aromatic N) is 4. The summed E-state index contributed by atoms with van der Waals surface area (Å²) in [5, 5.41) is 37.0. The van der Waals surface area contributed by atoms with Crippen molar-refractivity contribution in [2.24, 2.45) is 17.3 Å². The van der Waals surface area contributed by atoms with Gasteiger partial charge in [-0.05, 0) is 24.8 Å². The Bertz CT molecular complexity index is 639. The van der Waals surface area contributed by atoms with Gasteiger partial charge in [-0.1, -0.05) is 0 Å². The highest BCUT2D eigenvalue weighted by atomic mass is 16.5. The number of fused-ring (bicyclic) bond motifs is 1. The summed E-state index contributed by atoms with van der Waals surface area (Å²) in [5.74, 6) is -1.26. The molecule has 0 spiro atoms. The van der Waals surface area contributed by atoms with Gasteiger partial charge in [0.15, 0.2) is 5.41 Å². The lowest BCUT2D eigenvalue weighted by atomic mass is 9.71. The number of hydrogen-bond acceptors (Lipinski definition) is 6. The Hall–Kier alpha value is -2.36. The van der Waals surface area contributed by atoms with Crippen LogP contribution in [0.1, 0.15) is 19.3 Å². The van der Waals surface area contributed by atoms with Crippen LogP contribution in [0.15, 0.2) is 11.3 Å². The number of nitriles is 3. The molecule has 1 saturated heterocycles. The van der Waals surface area contributed by atoms with E-state index in [1.54, 1.807) is 0 Å². The first kappa shape index (κ1) is 14.6. The molecule has 1 N–H and O–H groups in total. The van der Waals surface area contributed by atoms with Gasteiger partial charge in [-0.2, -0.15) is 15.8 Å². The molecule has 0 radical (unpaired) electrons. The van der Waals surface area contributed by atoms with Gasteiger partial charge in [0.1, 0.15) is 5.92 Å². The average molecular weight is 295 g/mol. The van der Waals surface area contributed by atoms with E-state index in [2.05, 4.69) is 17.0 Å². The fourth-order valence-corrected chi connectivity index (χ4v) is 3.97. The normalized spacial score (nSPS) is 30.2. The molecule has 3 rings (SSSR count). The Balaban J connectivity index is 2.12. The quantitative estimate of drug-likeness (QED) is 0.790. The topological polar surface area (TPSA) is 108 Å². The van der Waals surface area contributed by atoms with E-state index >= 15 is 0 Å². The van der Waals surface area contributed by atoms with E-state index in [-0.39, 0.29) is 11.6 Å². The number of nitrogens with one attached hydrogen (secondary N) is 1. The summed E-state index contributed by atoms with van der Waals surface area (Å²) in [6.45, 7) is 2.83. The molecule has 0 aromatic rings. The second-order valence-corrected chi connectivity index (χ2v) is 5.97. The van der Waals surface area contributed by atoms with Crippen molar-refractivity contribution < 1.29 is 4.74 Å². The fourth-order valence-electron chi connectivity index (χ4n) is 3.97. The molecule has 2 aliphatic carbocycles. The van der Waals surface area contributed by atoms with Crippen LogP contribution in [0.3, 0.4) is 0 Å². The van der Waals surface area contributed by atoms with Gasteiger partial charge < -0.3 is 15.0 Å². The molecule has 2 fully saturated rings. The first-order valence-corrected chi connectivity index (χ1v) is 7.56. The fraction of sp³-hybridized carbons (Fsp3) is 0.625. The predicted octanol–water partition coefficient (Wildman–Crippen LogP) is 1.58. The monoisotopic (exact) mass is 295 g/mol. The third kappa shape index (κ3) is 1.83. The van der Waals surface area contributed by atoms with Gasteiger partial charge in [-0.25, -0.2) is 0 Å². The lowest BCUT2D eigenvalue weighted by molar-refractivity contribution is 0.0501. The van der Waals surface area contributed by atoms with Gasteiger partial charge in [0.25, 0.3) is 0 Å². The van der Waals surface area contributed by atoms with E-state index < -0.39 is 11.3 Å². The highest BCUT2D eigenvalue weighted by molar-refractivity contribution is 6.06. The number of allylic oxidation sites excluding steroid dienone is 2. The Morgan fingerprint density at radius 3 is 2.45 bits per heavy atom. The molecule has 1 unspecified atom stereocenters. The Kier molecular flexibility index (Phi) is 3.61. The zero-order chi connectivity index (χ0) is 15.7. The van der Waals surface area contributed by atoms with Gasteiger partial charge in [-0.3, -0.25) is 0 Å². The van der Waals surface area contributed by atoms with E-state index in [0.29, 0.717) is 19.6 Å². The summed E-state index contributed by atoms with van der Waals surface area (Å²) in [4.78, 5) is 2.21. The molecule has 0 bridgehead atoms. The van der Waals surface area contributed by atoms with Crippen LogP contribution in [0.2, 0.25) is 0 Å². The summed E-state index contributed by atoms with van der Waals surface area (Å²) in [5.41, 5.74) is 0.607. The molecule has 1 heterocycles. The van der Waals surface area contributed by atoms with Crippen molar-refractivity contribution in [2.75, 3.05) is 26.3 Å². The van der Waals surface area contributed by atoms with E-state index in [1.165, 1.54) is 0 Å². The molecule has 112 valence electrons.